The third kappa shape index (κ3) is 4.66. The molecule has 0 radical (unpaired) electrons. The Labute approximate surface area is 210 Å². The van der Waals surface area contributed by atoms with Crippen LogP contribution in [0.5, 0.6) is 5.75 Å². The van der Waals surface area contributed by atoms with Gasteiger partial charge in [0.2, 0.25) is 5.78 Å². The first kappa shape index (κ1) is 26.3. The zero-order chi connectivity index (χ0) is 26.1. The van der Waals surface area contributed by atoms with Crippen LogP contribution in [-0.2, 0) is 12.1 Å². The van der Waals surface area contributed by atoms with Crippen molar-refractivity contribution in [3.05, 3.63) is 52.8 Å². The first-order chi connectivity index (χ1) is 17.1. The van der Waals surface area contributed by atoms with Gasteiger partial charge in [-0.1, -0.05) is 6.92 Å². The molecule has 2 aliphatic rings. The highest BCUT2D eigenvalue weighted by Gasteiger charge is 2.47. The minimum atomic E-state index is -3.38. The van der Waals surface area contributed by atoms with Crippen LogP contribution in [0.3, 0.4) is 0 Å². The average Bonchev–Trinajstić information content (AvgIpc) is 3.32. The van der Waals surface area contributed by atoms with Crippen LogP contribution in [0, 0.1) is 6.92 Å². The summed E-state index contributed by atoms with van der Waals surface area (Å²) in [6.45, 7) is 5.86. The van der Waals surface area contributed by atoms with Crippen LogP contribution in [0.2, 0.25) is 0 Å². The van der Waals surface area contributed by atoms with Gasteiger partial charge in [-0.05, 0) is 62.7 Å². The molecule has 1 aromatic heterocycles. The number of likely N-dealkylation sites (N-methyl/N-ethyl adjacent to an activating group) is 1. The van der Waals surface area contributed by atoms with Gasteiger partial charge in [-0.25, -0.2) is 0 Å². The van der Waals surface area contributed by atoms with E-state index in [1.807, 2.05) is 31.0 Å². The lowest BCUT2D eigenvalue weighted by atomic mass is 9.81. The maximum absolute atomic E-state index is 14.2. The number of ether oxygens (including phenoxy) is 1. The maximum Gasteiger partial charge on any atom is 0.311 e. The van der Waals surface area contributed by atoms with Crippen LogP contribution in [-0.4, -0.2) is 77.0 Å². The summed E-state index contributed by atoms with van der Waals surface area (Å²) in [7, 11) is 2.02. The van der Waals surface area contributed by atoms with E-state index >= 15 is 0 Å². The number of Topliss-reactive ketones (excluding diaryl/α,β-unsaturated/α-hetero) is 1. The van der Waals surface area contributed by atoms with Crippen molar-refractivity contribution < 1.29 is 28.2 Å². The van der Waals surface area contributed by atoms with Crippen molar-refractivity contribution in [1.82, 2.24) is 14.4 Å². The Morgan fingerprint density at radius 2 is 1.83 bits per heavy atom. The second-order valence-electron chi connectivity index (χ2n) is 9.79. The second kappa shape index (κ2) is 10.3. The van der Waals surface area contributed by atoms with Crippen molar-refractivity contribution in [3.63, 3.8) is 0 Å². The molecule has 196 valence electrons. The molecule has 0 atom stereocenters. The summed E-state index contributed by atoms with van der Waals surface area (Å²) in [6.07, 6.45) is 1.32. The van der Waals surface area contributed by atoms with E-state index in [1.165, 1.54) is 13.0 Å². The molecule has 0 saturated carbocycles. The van der Waals surface area contributed by atoms with Crippen molar-refractivity contribution in [1.29, 1.82) is 0 Å². The molecule has 4 rings (SSSR count). The molecule has 1 saturated heterocycles. The van der Waals surface area contributed by atoms with E-state index in [4.69, 9.17) is 9.84 Å². The van der Waals surface area contributed by atoms with Crippen molar-refractivity contribution >= 4 is 11.7 Å². The molecule has 0 aliphatic carbocycles. The molecule has 1 spiro atoms. The monoisotopic (exact) mass is 503 g/mol. The van der Waals surface area contributed by atoms with Crippen LogP contribution >= 0.6 is 0 Å². The number of hydrogen-bond acceptors (Lipinski definition) is 5. The number of benzene rings is 1. The molecule has 3 heterocycles. The number of ketones is 1. The van der Waals surface area contributed by atoms with Gasteiger partial charge in [-0.2, -0.15) is 8.78 Å². The fourth-order valence-electron chi connectivity index (χ4n) is 5.41. The average molecular weight is 504 g/mol. The number of aryl methyl sites for hydroxylation is 1. The van der Waals surface area contributed by atoms with Gasteiger partial charge in [0, 0.05) is 56.9 Å². The van der Waals surface area contributed by atoms with Gasteiger partial charge in [-0.3, -0.25) is 14.5 Å². The second-order valence-corrected chi connectivity index (χ2v) is 9.79. The molecule has 2 aromatic rings. The number of aromatic nitrogens is 1. The van der Waals surface area contributed by atoms with E-state index in [-0.39, 0.29) is 18.2 Å². The lowest BCUT2D eigenvalue weighted by molar-refractivity contribution is 0.00339. The Kier molecular flexibility index (Phi) is 7.52. The van der Waals surface area contributed by atoms with Gasteiger partial charge in [0.1, 0.15) is 5.75 Å². The van der Waals surface area contributed by atoms with Crippen molar-refractivity contribution in [2.75, 3.05) is 39.9 Å². The number of aliphatic hydroxyl groups is 1. The fourth-order valence-corrected chi connectivity index (χ4v) is 5.41. The van der Waals surface area contributed by atoms with E-state index in [1.54, 1.807) is 16.7 Å². The molecule has 1 aromatic carbocycles. The largest absolute Gasteiger partial charge is 0.493 e. The smallest absolute Gasteiger partial charge is 0.311 e. The highest BCUT2D eigenvalue weighted by atomic mass is 19.3. The quantitative estimate of drug-likeness (QED) is 0.437. The molecule has 36 heavy (non-hydrogen) atoms. The Bertz CT molecular complexity index is 1120. The lowest BCUT2D eigenvalue weighted by Gasteiger charge is -2.50. The number of halogens is 2. The molecule has 1 N–H and O–H groups in total. The number of piperidine rings is 1. The number of carbonyl (C=O) groups excluding carboxylic acids is 2. The van der Waals surface area contributed by atoms with Gasteiger partial charge in [-0.15, -0.1) is 0 Å². The number of likely N-dealkylation sites (tertiary alicyclic amines) is 1. The minimum absolute atomic E-state index is 0.0536. The molecular weight excluding hydrogens is 468 g/mol. The summed E-state index contributed by atoms with van der Waals surface area (Å²) in [4.78, 5) is 29.9. The third-order valence-corrected chi connectivity index (χ3v) is 7.72. The van der Waals surface area contributed by atoms with Crippen LogP contribution in [0.1, 0.15) is 64.7 Å². The highest BCUT2D eigenvalue weighted by molar-refractivity contribution is 6.00. The van der Waals surface area contributed by atoms with Crippen LogP contribution in [0.25, 0.3) is 0 Å². The summed E-state index contributed by atoms with van der Waals surface area (Å²) in [6, 6.07) is 8.72. The molecule has 1 amide bonds. The van der Waals surface area contributed by atoms with Gasteiger partial charge < -0.3 is 19.3 Å². The fraction of sp³-hybridized carbons (Fsp3) is 0.556. The molecule has 0 bridgehead atoms. The summed E-state index contributed by atoms with van der Waals surface area (Å²) in [5, 5.41) is 8.93. The van der Waals surface area contributed by atoms with Gasteiger partial charge in [0.15, 0.2) is 0 Å². The molecule has 9 heteroatoms. The van der Waals surface area contributed by atoms with Crippen molar-refractivity contribution in [2.24, 2.45) is 0 Å². The third-order valence-electron chi connectivity index (χ3n) is 7.72. The SMILES string of the molecule is CCC(F)(F)C(=O)c1ccc2n1CCN(C)C21CCN(C(=O)c2ccc(OCCCO)c(C)c2)CC1. The van der Waals surface area contributed by atoms with Crippen molar-refractivity contribution in [3.8, 4) is 5.75 Å². The Morgan fingerprint density at radius 3 is 2.47 bits per heavy atom. The van der Waals surface area contributed by atoms with Gasteiger partial charge in [0.25, 0.3) is 5.91 Å². The standard InChI is InChI=1S/C27H35F2N3O4/c1-4-27(28,29)24(34)21-7-9-23-26(30(3)14-15-32(21)23)10-12-31(13-11-26)25(35)20-6-8-22(19(2)18-20)36-17-5-16-33/h6-9,18,33H,4-5,10-17H2,1-3H3. The lowest BCUT2D eigenvalue weighted by Crippen LogP contribution is -2.56. The number of nitrogens with zero attached hydrogens (tertiary/aromatic N) is 3. The molecule has 0 unspecified atom stereocenters. The van der Waals surface area contributed by atoms with E-state index in [0.29, 0.717) is 63.4 Å². The maximum atomic E-state index is 14.2. The zero-order valence-electron chi connectivity index (χ0n) is 21.2. The molecule has 1 fully saturated rings. The Morgan fingerprint density at radius 1 is 1.11 bits per heavy atom. The van der Waals surface area contributed by atoms with Crippen LogP contribution in [0.15, 0.2) is 30.3 Å². The normalized spacial score (nSPS) is 17.8. The summed E-state index contributed by atoms with van der Waals surface area (Å²) >= 11 is 0. The van der Waals surface area contributed by atoms with Crippen molar-refractivity contribution in [2.45, 2.75) is 57.5 Å². The zero-order valence-corrected chi connectivity index (χ0v) is 21.2. The number of carbonyl (C=O) groups is 2. The van der Waals surface area contributed by atoms with E-state index in [0.717, 1.165) is 11.3 Å². The molecule has 2 aliphatic heterocycles. The first-order valence-electron chi connectivity index (χ1n) is 12.6. The van der Waals surface area contributed by atoms with Crippen LogP contribution < -0.4 is 4.74 Å². The predicted molar refractivity (Wildman–Crippen MR) is 132 cm³/mol. The first-order valence-corrected chi connectivity index (χ1v) is 12.6. The minimum Gasteiger partial charge on any atom is -0.493 e. The number of fused-ring (bicyclic) bond motifs is 2. The summed E-state index contributed by atoms with van der Waals surface area (Å²) in [5.41, 5.74) is 1.99. The van der Waals surface area contributed by atoms with Gasteiger partial charge >= 0.3 is 5.92 Å². The molecular formula is C27H35F2N3O4. The molecule has 7 nitrogen and oxygen atoms in total. The van der Waals surface area contributed by atoms with Gasteiger partial charge in [0.05, 0.1) is 17.8 Å². The number of rotatable bonds is 8. The number of hydrogen-bond donors (Lipinski definition) is 1. The van der Waals surface area contributed by atoms with E-state index in [9.17, 15) is 18.4 Å². The highest BCUT2D eigenvalue weighted by Crippen LogP contribution is 2.42. The number of alkyl halides is 2. The van der Waals surface area contributed by atoms with E-state index in [2.05, 4.69) is 4.90 Å². The number of amides is 1. The summed E-state index contributed by atoms with van der Waals surface area (Å²) < 4.78 is 35.8. The predicted octanol–water partition coefficient (Wildman–Crippen LogP) is 3.86. The van der Waals surface area contributed by atoms with Crippen LogP contribution in [0.4, 0.5) is 8.78 Å². The number of aliphatic hydroxyl groups excluding tert-OH is 1. The topological polar surface area (TPSA) is 75.0 Å². The van der Waals surface area contributed by atoms with E-state index < -0.39 is 23.7 Å². The Balaban J connectivity index is 1.50. The Hall–Kier alpha value is -2.78. The summed E-state index contributed by atoms with van der Waals surface area (Å²) in [5.74, 6) is -3.86.